The molecule has 1 amide bonds. The fourth-order valence-electron chi connectivity index (χ4n) is 2.92. The molecule has 2 aromatic carbocycles. The Morgan fingerprint density at radius 3 is 2.56 bits per heavy atom. The van der Waals surface area contributed by atoms with Gasteiger partial charge in [-0.2, -0.15) is 0 Å². The van der Waals surface area contributed by atoms with Gasteiger partial charge in [0.2, 0.25) is 5.91 Å². The van der Waals surface area contributed by atoms with E-state index in [0.717, 1.165) is 40.0 Å². The lowest BCUT2D eigenvalue weighted by molar-refractivity contribution is -0.114. The summed E-state index contributed by atoms with van der Waals surface area (Å²) in [6, 6.07) is 15.0. The zero-order valence-corrected chi connectivity index (χ0v) is 15.0. The Hall–Kier alpha value is -2.59. The van der Waals surface area contributed by atoms with Crippen LogP contribution in [0.1, 0.15) is 18.2 Å². The molecule has 25 heavy (non-hydrogen) atoms. The van der Waals surface area contributed by atoms with E-state index in [4.69, 9.17) is 11.6 Å². The number of nitrogens with one attached hydrogen (secondary N) is 2. The van der Waals surface area contributed by atoms with Crippen LogP contribution in [0.4, 0.5) is 11.4 Å². The Kier molecular flexibility index (Phi) is 5.19. The summed E-state index contributed by atoms with van der Waals surface area (Å²) in [7, 11) is 0. The highest BCUT2D eigenvalue weighted by Gasteiger charge is 2.12. The van der Waals surface area contributed by atoms with Gasteiger partial charge in [0.1, 0.15) is 0 Å². The van der Waals surface area contributed by atoms with Crippen molar-refractivity contribution < 1.29 is 4.79 Å². The number of nitrogens with zero attached hydrogens (tertiary/aromatic N) is 1. The maximum Gasteiger partial charge on any atom is 0.243 e. The Morgan fingerprint density at radius 1 is 1.12 bits per heavy atom. The molecule has 0 aliphatic rings. The van der Waals surface area contributed by atoms with Crippen molar-refractivity contribution in [3.05, 3.63) is 64.8 Å². The van der Waals surface area contributed by atoms with Gasteiger partial charge in [-0.15, -0.1) is 0 Å². The molecule has 2 N–H and O–H groups in total. The first kappa shape index (κ1) is 17.2. The molecule has 0 radical (unpaired) electrons. The molecule has 0 aliphatic heterocycles. The van der Waals surface area contributed by atoms with Crippen LogP contribution in [0.15, 0.2) is 48.5 Å². The molecule has 3 aromatic rings. The van der Waals surface area contributed by atoms with Gasteiger partial charge < -0.3 is 10.6 Å². The molecule has 0 atom stereocenters. The van der Waals surface area contributed by atoms with Crippen LogP contribution in [0, 0.1) is 6.92 Å². The van der Waals surface area contributed by atoms with Crippen molar-refractivity contribution in [1.82, 2.24) is 4.98 Å². The summed E-state index contributed by atoms with van der Waals surface area (Å²) in [5.41, 5.74) is 4.76. The van der Waals surface area contributed by atoms with E-state index in [2.05, 4.69) is 22.5 Å². The highest BCUT2D eigenvalue weighted by Crippen LogP contribution is 2.28. The molecule has 0 saturated heterocycles. The van der Waals surface area contributed by atoms with Gasteiger partial charge in [-0.1, -0.05) is 36.7 Å². The number of benzene rings is 2. The largest absolute Gasteiger partial charge is 0.375 e. The van der Waals surface area contributed by atoms with Crippen LogP contribution in [0.3, 0.4) is 0 Å². The summed E-state index contributed by atoms with van der Waals surface area (Å²) in [5.74, 6) is -0.108. The Bertz CT molecular complexity index is 907. The van der Waals surface area contributed by atoms with Gasteiger partial charge >= 0.3 is 0 Å². The minimum Gasteiger partial charge on any atom is -0.375 e. The number of carbonyl (C=O) groups excluding carboxylic acids is 1. The lowest BCUT2D eigenvalue weighted by atomic mass is 10.0. The maximum absolute atomic E-state index is 12.3. The van der Waals surface area contributed by atoms with E-state index in [1.165, 1.54) is 0 Å². The molecule has 0 fully saturated rings. The number of carbonyl (C=O) groups is 1. The first-order valence-electron chi connectivity index (χ1n) is 8.26. The molecular formula is C20H20ClN3O. The van der Waals surface area contributed by atoms with Crippen molar-refractivity contribution >= 4 is 39.8 Å². The molecule has 5 heteroatoms. The number of anilines is 2. The average molecular weight is 354 g/mol. The van der Waals surface area contributed by atoms with Crippen LogP contribution >= 0.6 is 11.6 Å². The summed E-state index contributed by atoms with van der Waals surface area (Å²) in [6.45, 7) is 4.28. The fourth-order valence-corrected chi connectivity index (χ4v) is 3.04. The number of amides is 1. The summed E-state index contributed by atoms with van der Waals surface area (Å²) >= 11 is 5.86. The monoisotopic (exact) mass is 353 g/mol. The van der Waals surface area contributed by atoms with Gasteiger partial charge in [-0.05, 0) is 49.2 Å². The van der Waals surface area contributed by atoms with Gasteiger partial charge in [0.05, 0.1) is 12.1 Å². The number of fused-ring (bicyclic) bond motifs is 1. The van der Waals surface area contributed by atoms with Crippen LogP contribution in [0.5, 0.6) is 0 Å². The third-order valence-electron chi connectivity index (χ3n) is 4.11. The highest BCUT2D eigenvalue weighted by atomic mass is 35.5. The molecule has 1 heterocycles. The molecule has 0 spiro atoms. The van der Waals surface area contributed by atoms with Gasteiger partial charge in [0.15, 0.2) is 0 Å². The van der Waals surface area contributed by atoms with E-state index >= 15 is 0 Å². The average Bonchev–Trinajstić information content (AvgIpc) is 2.61. The standard InChI is InChI=1S/C20H20ClN3O/c1-3-16-13(2)23-18-7-5-4-6-17(18)20(16)22-12-19(25)24-15-10-8-14(21)9-11-15/h4-11H,3,12H2,1-2H3,(H,22,23)(H,24,25). The van der Waals surface area contributed by atoms with Crippen molar-refractivity contribution in [2.45, 2.75) is 20.3 Å². The van der Waals surface area contributed by atoms with E-state index in [-0.39, 0.29) is 12.5 Å². The zero-order valence-electron chi connectivity index (χ0n) is 14.3. The minimum absolute atomic E-state index is 0.108. The zero-order chi connectivity index (χ0) is 17.8. The van der Waals surface area contributed by atoms with Gasteiger partial charge in [0, 0.05) is 27.5 Å². The number of para-hydroxylation sites is 1. The number of rotatable bonds is 5. The molecule has 128 valence electrons. The van der Waals surface area contributed by atoms with Crippen molar-refractivity contribution in [2.75, 3.05) is 17.2 Å². The van der Waals surface area contributed by atoms with Gasteiger partial charge in [0.25, 0.3) is 0 Å². The van der Waals surface area contributed by atoms with Crippen molar-refractivity contribution in [2.24, 2.45) is 0 Å². The number of halogens is 1. The lowest BCUT2D eigenvalue weighted by Crippen LogP contribution is -2.22. The molecule has 0 aliphatic carbocycles. The second-order valence-electron chi connectivity index (χ2n) is 5.83. The third kappa shape index (κ3) is 3.91. The highest BCUT2D eigenvalue weighted by molar-refractivity contribution is 6.30. The van der Waals surface area contributed by atoms with Crippen LogP contribution in [-0.2, 0) is 11.2 Å². The second-order valence-corrected chi connectivity index (χ2v) is 6.27. The number of hydrogen-bond acceptors (Lipinski definition) is 3. The number of hydrogen-bond donors (Lipinski definition) is 2. The summed E-state index contributed by atoms with van der Waals surface area (Å²) in [6.07, 6.45) is 0.852. The molecule has 1 aromatic heterocycles. The topological polar surface area (TPSA) is 54.0 Å². The van der Waals surface area contributed by atoms with E-state index in [0.29, 0.717) is 5.02 Å². The van der Waals surface area contributed by atoms with E-state index in [1.54, 1.807) is 24.3 Å². The first-order valence-corrected chi connectivity index (χ1v) is 8.63. The number of pyridine rings is 1. The smallest absolute Gasteiger partial charge is 0.243 e. The molecule has 0 bridgehead atoms. The molecule has 0 unspecified atom stereocenters. The van der Waals surface area contributed by atoms with Crippen LogP contribution in [-0.4, -0.2) is 17.4 Å². The molecule has 0 saturated carbocycles. The normalized spacial score (nSPS) is 10.7. The van der Waals surface area contributed by atoms with Crippen molar-refractivity contribution in [3.63, 3.8) is 0 Å². The van der Waals surface area contributed by atoms with Gasteiger partial charge in [-0.25, -0.2) is 0 Å². The first-order chi connectivity index (χ1) is 12.1. The summed E-state index contributed by atoms with van der Waals surface area (Å²) < 4.78 is 0. The third-order valence-corrected chi connectivity index (χ3v) is 4.36. The van der Waals surface area contributed by atoms with Crippen LogP contribution in [0.25, 0.3) is 10.9 Å². The second kappa shape index (κ2) is 7.53. The predicted octanol–water partition coefficient (Wildman–Crippen LogP) is 4.81. The van der Waals surface area contributed by atoms with Crippen molar-refractivity contribution in [3.8, 4) is 0 Å². The number of aromatic nitrogens is 1. The predicted molar refractivity (Wildman–Crippen MR) is 104 cm³/mol. The van der Waals surface area contributed by atoms with Crippen LogP contribution < -0.4 is 10.6 Å². The Balaban J connectivity index is 1.80. The lowest BCUT2D eigenvalue weighted by Gasteiger charge is -2.16. The summed E-state index contributed by atoms with van der Waals surface area (Å²) in [4.78, 5) is 16.9. The van der Waals surface area contributed by atoms with Gasteiger partial charge in [-0.3, -0.25) is 9.78 Å². The fraction of sp³-hybridized carbons (Fsp3) is 0.200. The Morgan fingerprint density at radius 2 is 1.84 bits per heavy atom. The molecular weight excluding hydrogens is 334 g/mol. The maximum atomic E-state index is 12.3. The van der Waals surface area contributed by atoms with Crippen LogP contribution in [0.2, 0.25) is 5.02 Å². The molecule has 4 nitrogen and oxygen atoms in total. The quantitative estimate of drug-likeness (QED) is 0.692. The minimum atomic E-state index is -0.108. The SMILES string of the molecule is CCc1c(C)nc2ccccc2c1NCC(=O)Nc1ccc(Cl)cc1. The van der Waals surface area contributed by atoms with E-state index < -0.39 is 0 Å². The van der Waals surface area contributed by atoms with E-state index in [1.807, 2.05) is 31.2 Å². The van der Waals surface area contributed by atoms with E-state index in [9.17, 15) is 4.79 Å². The number of aryl methyl sites for hydroxylation is 1. The molecule has 3 rings (SSSR count). The van der Waals surface area contributed by atoms with Crippen molar-refractivity contribution in [1.29, 1.82) is 0 Å². The Labute approximate surface area is 152 Å². The summed E-state index contributed by atoms with van der Waals surface area (Å²) in [5, 5.41) is 7.84.